The minimum atomic E-state index is -3.54. The zero-order valence-electron chi connectivity index (χ0n) is 18.8. The highest BCUT2D eigenvalue weighted by Gasteiger charge is 2.25. The van der Waals surface area contributed by atoms with E-state index in [1.165, 1.54) is 0 Å². The molecule has 1 aliphatic rings. The van der Waals surface area contributed by atoms with E-state index in [1.54, 1.807) is 40.7 Å². The van der Waals surface area contributed by atoms with Crippen molar-refractivity contribution in [2.75, 3.05) is 18.4 Å². The van der Waals surface area contributed by atoms with E-state index >= 15 is 0 Å². The summed E-state index contributed by atoms with van der Waals surface area (Å²) in [4.78, 5) is 13.5. The molecule has 0 radical (unpaired) electrons. The fourth-order valence-corrected chi connectivity index (χ4v) is 5.69. The molecule has 5 nitrogen and oxygen atoms in total. The van der Waals surface area contributed by atoms with Crippen LogP contribution in [0.15, 0.2) is 83.8 Å². The number of carbonyl (C=O) groups excluding carboxylic acids is 1. The molecule has 3 aromatic rings. The Kier molecular flexibility index (Phi) is 7.83. The van der Waals surface area contributed by atoms with Crippen LogP contribution in [0.25, 0.3) is 11.6 Å². The quantitative estimate of drug-likeness (QED) is 0.333. The minimum absolute atomic E-state index is 0.238. The number of anilines is 1. The van der Waals surface area contributed by atoms with Crippen molar-refractivity contribution in [2.24, 2.45) is 0 Å². The number of nitrogens with zero attached hydrogens (tertiary/aromatic N) is 1. The van der Waals surface area contributed by atoms with Crippen molar-refractivity contribution in [2.45, 2.75) is 30.6 Å². The highest BCUT2D eigenvalue weighted by Crippen LogP contribution is 2.26. The van der Waals surface area contributed by atoms with E-state index in [1.807, 2.05) is 48.5 Å². The number of benzene rings is 3. The molecule has 0 spiro atoms. The lowest BCUT2D eigenvalue weighted by atomic mass is 10.0. The fourth-order valence-electron chi connectivity index (χ4n) is 3.99. The number of nitrogens with one attached hydrogen (secondary N) is 1. The third-order valence-electron chi connectivity index (χ3n) is 5.85. The van der Waals surface area contributed by atoms with Crippen LogP contribution in [0.4, 0.5) is 5.69 Å². The summed E-state index contributed by atoms with van der Waals surface area (Å²) in [5.74, 6) is -0.311. The number of hydrogen-bond acceptors (Lipinski definition) is 3. The smallest absolute Gasteiger partial charge is 0.256 e. The van der Waals surface area contributed by atoms with Crippen LogP contribution >= 0.6 is 11.6 Å². The summed E-state index contributed by atoms with van der Waals surface area (Å²) in [6.45, 7) is 1.10. The van der Waals surface area contributed by atoms with E-state index in [2.05, 4.69) is 5.32 Å². The Labute approximate surface area is 206 Å². The average molecular weight is 495 g/mol. The topological polar surface area (TPSA) is 66.5 Å². The van der Waals surface area contributed by atoms with Gasteiger partial charge in [-0.15, -0.1) is 0 Å². The number of halogens is 1. The number of rotatable bonds is 6. The summed E-state index contributed by atoms with van der Waals surface area (Å²) in [6.07, 6.45) is 5.64. The van der Waals surface area contributed by atoms with Gasteiger partial charge in [-0.1, -0.05) is 73.0 Å². The molecule has 1 saturated heterocycles. The molecule has 1 N–H and O–H groups in total. The molecule has 1 heterocycles. The third kappa shape index (κ3) is 5.76. The standard InChI is InChI=1S/C27H27ClN2O3S/c28-26-13-7-6-12-22(26)20-25(21-10-4-3-5-11-21)27(31)29-23-14-16-24(17-15-23)34(32,33)30-18-8-1-2-9-19-30/h3-7,10-17,20H,1-2,8-9,18-19H2,(H,29,31)/b25-20+. The van der Waals surface area contributed by atoms with E-state index in [9.17, 15) is 13.2 Å². The Morgan fingerprint density at radius 2 is 1.44 bits per heavy atom. The number of carbonyl (C=O) groups is 1. The van der Waals surface area contributed by atoms with E-state index < -0.39 is 10.0 Å². The monoisotopic (exact) mass is 494 g/mol. The van der Waals surface area contributed by atoms with Crippen molar-refractivity contribution in [1.82, 2.24) is 4.31 Å². The summed E-state index contributed by atoms with van der Waals surface area (Å²) in [6, 6.07) is 23.0. The van der Waals surface area contributed by atoms with Gasteiger partial charge in [0.1, 0.15) is 0 Å². The molecule has 3 aromatic carbocycles. The zero-order valence-corrected chi connectivity index (χ0v) is 20.4. The van der Waals surface area contributed by atoms with Crippen LogP contribution in [0.2, 0.25) is 5.02 Å². The Morgan fingerprint density at radius 3 is 2.09 bits per heavy atom. The largest absolute Gasteiger partial charge is 0.322 e. The van der Waals surface area contributed by atoms with Gasteiger partial charge in [0.25, 0.3) is 5.91 Å². The number of hydrogen-bond donors (Lipinski definition) is 1. The van der Waals surface area contributed by atoms with Gasteiger partial charge in [0.2, 0.25) is 10.0 Å². The summed E-state index contributed by atoms with van der Waals surface area (Å²) >= 11 is 6.32. The Hall–Kier alpha value is -2.93. The van der Waals surface area contributed by atoms with Crippen LogP contribution in [-0.4, -0.2) is 31.7 Å². The average Bonchev–Trinajstić information content (AvgIpc) is 3.15. The van der Waals surface area contributed by atoms with Crippen LogP contribution in [0.3, 0.4) is 0 Å². The molecule has 34 heavy (non-hydrogen) atoms. The zero-order chi connectivity index (χ0) is 24.0. The lowest BCUT2D eigenvalue weighted by molar-refractivity contribution is -0.111. The normalized spacial score (nSPS) is 15.5. The van der Waals surface area contributed by atoms with E-state index in [0.29, 0.717) is 29.4 Å². The molecule has 0 atom stereocenters. The molecule has 1 fully saturated rings. The predicted molar refractivity (Wildman–Crippen MR) is 138 cm³/mol. The van der Waals surface area contributed by atoms with Crippen LogP contribution < -0.4 is 5.32 Å². The molecule has 176 valence electrons. The molecule has 0 saturated carbocycles. The highest BCUT2D eigenvalue weighted by atomic mass is 35.5. The molecule has 0 aromatic heterocycles. The van der Waals surface area contributed by atoms with Crippen molar-refractivity contribution >= 4 is 44.9 Å². The van der Waals surface area contributed by atoms with Crippen LogP contribution in [-0.2, 0) is 14.8 Å². The van der Waals surface area contributed by atoms with Gasteiger partial charge in [0, 0.05) is 29.4 Å². The molecule has 0 bridgehead atoms. The van der Waals surface area contributed by atoms with Gasteiger partial charge < -0.3 is 5.32 Å². The highest BCUT2D eigenvalue weighted by molar-refractivity contribution is 7.89. The van der Waals surface area contributed by atoms with Gasteiger partial charge >= 0.3 is 0 Å². The predicted octanol–water partition coefficient (Wildman–Crippen LogP) is 6.08. The van der Waals surface area contributed by atoms with Gasteiger partial charge in [-0.25, -0.2) is 8.42 Å². The second kappa shape index (κ2) is 11.0. The lowest BCUT2D eigenvalue weighted by Crippen LogP contribution is -2.31. The first-order valence-electron chi connectivity index (χ1n) is 11.4. The van der Waals surface area contributed by atoms with Crippen LogP contribution in [0.1, 0.15) is 36.8 Å². The molecule has 1 amide bonds. The van der Waals surface area contributed by atoms with Crippen molar-refractivity contribution in [3.05, 3.63) is 95.0 Å². The van der Waals surface area contributed by atoms with Gasteiger partial charge in [-0.05, 0) is 60.4 Å². The van der Waals surface area contributed by atoms with Gasteiger partial charge in [-0.3, -0.25) is 4.79 Å². The summed E-state index contributed by atoms with van der Waals surface area (Å²) in [5.41, 5.74) is 2.45. The first-order valence-corrected chi connectivity index (χ1v) is 13.2. The van der Waals surface area contributed by atoms with E-state index in [0.717, 1.165) is 36.8 Å². The second-order valence-electron chi connectivity index (χ2n) is 8.24. The van der Waals surface area contributed by atoms with Crippen molar-refractivity contribution < 1.29 is 13.2 Å². The third-order valence-corrected chi connectivity index (χ3v) is 8.11. The maximum atomic E-state index is 13.2. The summed E-state index contributed by atoms with van der Waals surface area (Å²) in [7, 11) is -3.54. The van der Waals surface area contributed by atoms with Gasteiger partial charge in [0.15, 0.2) is 0 Å². The van der Waals surface area contributed by atoms with E-state index in [4.69, 9.17) is 11.6 Å². The number of amides is 1. The van der Waals surface area contributed by atoms with Crippen molar-refractivity contribution in [1.29, 1.82) is 0 Å². The maximum absolute atomic E-state index is 13.2. The molecule has 4 rings (SSSR count). The molecular weight excluding hydrogens is 468 g/mol. The summed E-state index contributed by atoms with van der Waals surface area (Å²) < 4.78 is 27.6. The van der Waals surface area contributed by atoms with Crippen LogP contribution in [0.5, 0.6) is 0 Å². The first kappa shape index (κ1) is 24.2. The molecule has 0 aliphatic carbocycles. The Bertz CT molecular complexity index is 1260. The minimum Gasteiger partial charge on any atom is -0.322 e. The van der Waals surface area contributed by atoms with Gasteiger partial charge in [0.05, 0.1) is 4.90 Å². The Morgan fingerprint density at radius 1 is 0.824 bits per heavy atom. The van der Waals surface area contributed by atoms with E-state index in [-0.39, 0.29) is 10.8 Å². The van der Waals surface area contributed by atoms with Crippen molar-refractivity contribution in [3.8, 4) is 0 Å². The summed E-state index contributed by atoms with van der Waals surface area (Å²) in [5, 5.41) is 3.44. The molecule has 1 aliphatic heterocycles. The Balaban J connectivity index is 1.57. The molecular formula is C27H27ClN2O3S. The molecule has 0 unspecified atom stereocenters. The lowest BCUT2D eigenvalue weighted by Gasteiger charge is -2.20. The van der Waals surface area contributed by atoms with Crippen molar-refractivity contribution in [3.63, 3.8) is 0 Å². The number of sulfonamides is 1. The molecule has 7 heteroatoms. The van der Waals surface area contributed by atoms with Crippen LogP contribution in [0, 0.1) is 0 Å². The SMILES string of the molecule is O=C(Nc1ccc(S(=O)(=O)N2CCCCCC2)cc1)/C(=C/c1ccccc1Cl)c1ccccc1. The maximum Gasteiger partial charge on any atom is 0.256 e. The second-order valence-corrected chi connectivity index (χ2v) is 10.6. The fraction of sp³-hybridized carbons (Fsp3) is 0.222. The van der Waals surface area contributed by atoms with Gasteiger partial charge in [-0.2, -0.15) is 4.31 Å². The first-order chi connectivity index (χ1) is 16.4.